The first-order chi connectivity index (χ1) is 11.4. The van der Waals surface area contributed by atoms with E-state index in [9.17, 15) is 18.7 Å². The number of halogens is 2. The minimum atomic E-state index is -0.671. The molecular formula is C17H17F2N3O2. The quantitative estimate of drug-likeness (QED) is 0.771. The molecule has 0 aliphatic carbocycles. The summed E-state index contributed by atoms with van der Waals surface area (Å²) >= 11 is 0. The number of nitrogens with zero attached hydrogens (tertiary/aromatic N) is 2. The molecule has 0 radical (unpaired) electrons. The average molecular weight is 333 g/mol. The summed E-state index contributed by atoms with van der Waals surface area (Å²) < 4.78 is 29.1. The Morgan fingerprint density at radius 3 is 2.83 bits per heavy atom. The largest absolute Gasteiger partial charge is 0.391 e. The van der Waals surface area contributed by atoms with Crippen molar-refractivity contribution < 1.29 is 13.9 Å². The van der Waals surface area contributed by atoms with Crippen molar-refractivity contribution in [3.63, 3.8) is 0 Å². The number of hydrogen-bond acceptors (Lipinski definition) is 3. The Balaban J connectivity index is 2.16. The van der Waals surface area contributed by atoms with Crippen LogP contribution in [0, 0.1) is 18.6 Å². The number of pyridine rings is 1. The highest BCUT2D eigenvalue weighted by molar-refractivity contribution is 5.78. The molecule has 3 rings (SSSR count). The predicted molar refractivity (Wildman–Crippen MR) is 86.7 cm³/mol. The van der Waals surface area contributed by atoms with Crippen LogP contribution in [0.2, 0.25) is 0 Å². The van der Waals surface area contributed by atoms with Gasteiger partial charge in [0.05, 0.1) is 18.2 Å². The van der Waals surface area contributed by atoms with Gasteiger partial charge < -0.3 is 5.11 Å². The zero-order valence-corrected chi connectivity index (χ0v) is 13.3. The van der Waals surface area contributed by atoms with Crippen LogP contribution in [0.25, 0.3) is 22.3 Å². The molecule has 5 nitrogen and oxygen atoms in total. The van der Waals surface area contributed by atoms with Crippen molar-refractivity contribution in [1.29, 1.82) is 0 Å². The molecule has 2 aromatic heterocycles. The smallest absolute Gasteiger partial charge is 0.327 e. The van der Waals surface area contributed by atoms with Gasteiger partial charge in [0.2, 0.25) is 0 Å². The van der Waals surface area contributed by atoms with Gasteiger partial charge in [-0.3, -0.25) is 9.55 Å². The van der Waals surface area contributed by atoms with Crippen molar-refractivity contribution >= 4 is 11.2 Å². The molecule has 7 heteroatoms. The topological polar surface area (TPSA) is 70.9 Å². The van der Waals surface area contributed by atoms with E-state index in [2.05, 4.69) is 9.97 Å². The Labute approximate surface area is 136 Å². The molecule has 2 N–H and O–H groups in total. The number of aromatic nitrogens is 3. The lowest BCUT2D eigenvalue weighted by Gasteiger charge is -2.10. The van der Waals surface area contributed by atoms with Crippen LogP contribution in [-0.4, -0.2) is 25.7 Å². The van der Waals surface area contributed by atoms with E-state index in [1.807, 2.05) is 6.92 Å². The third-order valence-corrected chi connectivity index (χ3v) is 4.12. The van der Waals surface area contributed by atoms with Gasteiger partial charge in [-0.05, 0) is 31.5 Å². The highest BCUT2D eigenvalue weighted by Crippen LogP contribution is 2.27. The summed E-state index contributed by atoms with van der Waals surface area (Å²) in [5.41, 5.74) is 0.998. The van der Waals surface area contributed by atoms with Crippen molar-refractivity contribution in [3.8, 4) is 11.1 Å². The summed E-state index contributed by atoms with van der Waals surface area (Å²) in [6, 6.07) is 4.15. The molecule has 1 atom stereocenters. The van der Waals surface area contributed by atoms with Crippen LogP contribution in [0.15, 0.2) is 29.2 Å². The van der Waals surface area contributed by atoms with E-state index >= 15 is 0 Å². The van der Waals surface area contributed by atoms with Gasteiger partial charge in [0.25, 0.3) is 0 Å². The van der Waals surface area contributed by atoms with Crippen LogP contribution < -0.4 is 5.69 Å². The number of rotatable bonds is 4. The predicted octanol–water partition coefficient (Wildman–Crippen LogP) is 2.75. The minimum Gasteiger partial charge on any atom is -0.391 e. The van der Waals surface area contributed by atoms with Gasteiger partial charge in [0, 0.05) is 22.9 Å². The second-order valence-corrected chi connectivity index (χ2v) is 5.73. The molecule has 0 aliphatic rings. The molecule has 0 unspecified atom stereocenters. The first-order valence-corrected chi connectivity index (χ1v) is 7.64. The van der Waals surface area contributed by atoms with Crippen molar-refractivity contribution in [2.45, 2.75) is 32.9 Å². The monoisotopic (exact) mass is 333 g/mol. The van der Waals surface area contributed by atoms with E-state index in [0.717, 1.165) is 0 Å². The van der Waals surface area contributed by atoms with Crippen molar-refractivity contribution in [3.05, 3.63) is 52.1 Å². The molecule has 3 aromatic rings. The Morgan fingerprint density at radius 1 is 1.38 bits per heavy atom. The fourth-order valence-corrected chi connectivity index (χ4v) is 2.59. The number of aromatic amines is 1. The summed E-state index contributed by atoms with van der Waals surface area (Å²) in [6.07, 6.45) is 1.25. The number of fused-ring (bicyclic) bond motifs is 1. The van der Waals surface area contributed by atoms with E-state index < -0.39 is 23.4 Å². The standard InChI is InChI=1S/C17H17F2N3O2/c1-3-11(23)8-22-14-6-10(7-20-16(14)21-17(22)24)12-4-5-13(18)9(2)15(12)19/h4-7,11,23H,3,8H2,1-2H3,(H,20,21,24)/t11-/m1/s1. The van der Waals surface area contributed by atoms with Crippen LogP contribution in [0.3, 0.4) is 0 Å². The number of hydrogen-bond donors (Lipinski definition) is 2. The van der Waals surface area contributed by atoms with Crippen LogP contribution in [0.5, 0.6) is 0 Å². The maximum absolute atomic E-state index is 14.3. The molecule has 2 heterocycles. The molecule has 0 saturated heterocycles. The van der Waals surface area contributed by atoms with Gasteiger partial charge in [-0.2, -0.15) is 0 Å². The zero-order valence-electron chi connectivity index (χ0n) is 13.3. The van der Waals surface area contributed by atoms with Gasteiger partial charge in [-0.15, -0.1) is 0 Å². The number of aliphatic hydroxyl groups is 1. The highest BCUT2D eigenvalue weighted by Gasteiger charge is 2.15. The maximum atomic E-state index is 14.3. The second kappa shape index (κ2) is 6.16. The zero-order chi connectivity index (χ0) is 17.4. The second-order valence-electron chi connectivity index (χ2n) is 5.73. The Morgan fingerprint density at radius 2 is 2.12 bits per heavy atom. The van der Waals surface area contributed by atoms with Crippen LogP contribution in [0.4, 0.5) is 8.78 Å². The third-order valence-electron chi connectivity index (χ3n) is 4.12. The van der Waals surface area contributed by atoms with E-state index in [4.69, 9.17) is 0 Å². The van der Waals surface area contributed by atoms with Gasteiger partial charge in [0.15, 0.2) is 5.65 Å². The molecule has 0 fully saturated rings. The summed E-state index contributed by atoms with van der Waals surface area (Å²) in [6.45, 7) is 3.29. The Kier molecular flexibility index (Phi) is 4.19. The van der Waals surface area contributed by atoms with Crippen LogP contribution in [-0.2, 0) is 6.54 Å². The summed E-state index contributed by atoms with van der Waals surface area (Å²) in [5.74, 6) is -1.27. The number of H-pyrrole nitrogens is 1. The number of nitrogens with one attached hydrogen (secondary N) is 1. The van der Waals surface area contributed by atoms with Crippen molar-refractivity contribution in [1.82, 2.24) is 14.5 Å². The Bertz CT molecular complexity index is 962. The lowest BCUT2D eigenvalue weighted by molar-refractivity contribution is 0.150. The van der Waals surface area contributed by atoms with Crippen molar-refractivity contribution in [2.75, 3.05) is 0 Å². The van der Waals surface area contributed by atoms with Gasteiger partial charge in [-0.1, -0.05) is 6.92 Å². The molecule has 1 aromatic carbocycles. The average Bonchev–Trinajstić information content (AvgIpc) is 2.88. The van der Waals surface area contributed by atoms with Crippen LogP contribution in [0.1, 0.15) is 18.9 Å². The fraction of sp³-hybridized carbons (Fsp3) is 0.294. The van der Waals surface area contributed by atoms with E-state index in [1.165, 1.54) is 29.8 Å². The molecule has 24 heavy (non-hydrogen) atoms. The molecule has 0 amide bonds. The summed E-state index contributed by atoms with van der Waals surface area (Å²) in [4.78, 5) is 18.8. The number of imidazole rings is 1. The Hall–Kier alpha value is -2.54. The van der Waals surface area contributed by atoms with E-state index in [1.54, 1.807) is 6.07 Å². The third kappa shape index (κ3) is 2.71. The van der Waals surface area contributed by atoms with E-state index in [-0.39, 0.29) is 17.7 Å². The fourth-order valence-electron chi connectivity index (χ4n) is 2.59. The highest BCUT2D eigenvalue weighted by atomic mass is 19.1. The van der Waals surface area contributed by atoms with Crippen LogP contribution >= 0.6 is 0 Å². The number of benzene rings is 1. The lowest BCUT2D eigenvalue weighted by atomic mass is 10.0. The van der Waals surface area contributed by atoms with Gasteiger partial charge >= 0.3 is 5.69 Å². The first kappa shape index (κ1) is 16.3. The van der Waals surface area contributed by atoms with Gasteiger partial charge in [-0.25, -0.2) is 18.6 Å². The molecule has 0 bridgehead atoms. The first-order valence-electron chi connectivity index (χ1n) is 7.64. The van der Waals surface area contributed by atoms with Crippen molar-refractivity contribution in [2.24, 2.45) is 0 Å². The molecular weight excluding hydrogens is 316 g/mol. The molecule has 0 spiro atoms. The summed E-state index contributed by atoms with van der Waals surface area (Å²) in [5, 5.41) is 9.82. The minimum absolute atomic E-state index is 0.0690. The molecule has 126 valence electrons. The maximum Gasteiger partial charge on any atom is 0.327 e. The molecule has 0 aliphatic heterocycles. The van der Waals surface area contributed by atoms with Gasteiger partial charge in [0.1, 0.15) is 11.6 Å². The summed E-state index contributed by atoms with van der Waals surface area (Å²) in [7, 11) is 0. The molecule has 0 saturated carbocycles. The SMILES string of the molecule is CC[C@@H](O)Cn1c(=O)[nH]c2ncc(-c3ccc(F)c(C)c3F)cc21. The lowest BCUT2D eigenvalue weighted by Crippen LogP contribution is -2.24. The van der Waals surface area contributed by atoms with E-state index in [0.29, 0.717) is 23.1 Å². The number of aliphatic hydroxyl groups excluding tert-OH is 1. The normalized spacial score (nSPS) is 12.7.